The third-order valence-corrected chi connectivity index (χ3v) is 7.77. The van der Waals surface area contributed by atoms with Gasteiger partial charge >= 0.3 is 5.97 Å². The molecule has 3 atom stereocenters. The maximum absolute atomic E-state index is 12.9. The molecule has 0 aromatic carbocycles. The predicted octanol–water partition coefficient (Wildman–Crippen LogP) is -1.11. The molecule has 4 rings (SSSR count). The van der Waals surface area contributed by atoms with E-state index in [-0.39, 0.29) is 27.6 Å². The molecular weight excluding hydrogens is 524 g/mol. The van der Waals surface area contributed by atoms with Crippen molar-refractivity contribution < 1.29 is 29.1 Å². The molecule has 184 valence electrons. The number of β-lactam (4-membered cyclic amide) rings is 1. The summed E-state index contributed by atoms with van der Waals surface area (Å²) in [5, 5.41) is 31.4. The number of carboxylic acid groups (broad SMARTS) is 1. The quantitative estimate of drug-likeness (QED) is 0.0925. The number of nitrogens with one attached hydrogen (secondary N) is 3. The summed E-state index contributed by atoms with van der Waals surface area (Å²) in [4.78, 5) is 58.3. The number of hydrogen-bond donors (Lipinski definition) is 4. The smallest absolute Gasteiger partial charge is 0.352 e. The third kappa shape index (κ3) is 4.82. The van der Waals surface area contributed by atoms with E-state index in [4.69, 9.17) is 4.84 Å². The van der Waals surface area contributed by atoms with E-state index in [9.17, 15) is 24.3 Å². The van der Waals surface area contributed by atoms with Gasteiger partial charge in [0.25, 0.3) is 11.8 Å². The second-order valence-corrected chi connectivity index (χ2v) is 9.97. The maximum atomic E-state index is 12.9. The highest BCUT2D eigenvalue weighted by molar-refractivity contribution is 8.01. The molecule has 16 nitrogen and oxygen atoms in total. The van der Waals surface area contributed by atoms with E-state index in [0.717, 1.165) is 16.4 Å². The van der Waals surface area contributed by atoms with Crippen molar-refractivity contribution >= 4 is 70.1 Å². The molecule has 3 amide bonds. The number of anilines is 1. The molecule has 0 spiro atoms. The minimum Gasteiger partial charge on any atom is -0.477 e. The number of aromatic amines is 1. The second-order valence-electron chi connectivity index (χ2n) is 6.80. The molecule has 0 bridgehead atoms. The zero-order valence-electron chi connectivity index (χ0n) is 17.9. The molecule has 2 unspecified atom stereocenters. The second kappa shape index (κ2) is 10.4. The summed E-state index contributed by atoms with van der Waals surface area (Å²) in [6.07, 6.45) is 0.406. The SMILES string of the molecule is CON=C(C(=O)NC1C(=O)N2C(C(=O)O)=C(C(C)Sc3nn[nH]n3)CS[C@H]12)c1nsc(NC=O)n1. The van der Waals surface area contributed by atoms with Crippen molar-refractivity contribution in [1.29, 1.82) is 0 Å². The molecule has 1 fully saturated rings. The van der Waals surface area contributed by atoms with Gasteiger partial charge in [-0.15, -0.1) is 22.0 Å². The number of thioether (sulfide) groups is 2. The van der Waals surface area contributed by atoms with Crippen molar-refractivity contribution in [3.63, 3.8) is 0 Å². The zero-order chi connectivity index (χ0) is 25.1. The summed E-state index contributed by atoms with van der Waals surface area (Å²) in [5.41, 5.74) is 0.0778. The summed E-state index contributed by atoms with van der Waals surface area (Å²) < 4.78 is 3.95. The van der Waals surface area contributed by atoms with Gasteiger partial charge in [-0.3, -0.25) is 19.3 Å². The Balaban J connectivity index is 1.51. The molecule has 2 aromatic heterocycles. The van der Waals surface area contributed by atoms with Gasteiger partial charge < -0.3 is 20.6 Å². The van der Waals surface area contributed by atoms with E-state index >= 15 is 0 Å². The van der Waals surface area contributed by atoms with Crippen LogP contribution in [0.5, 0.6) is 0 Å². The molecule has 0 saturated carbocycles. The van der Waals surface area contributed by atoms with Crippen molar-refractivity contribution in [3.05, 3.63) is 17.1 Å². The van der Waals surface area contributed by atoms with Crippen LogP contribution in [0.15, 0.2) is 21.6 Å². The largest absolute Gasteiger partial charge is 0.477 e. The first-order valence-corrected chi connectivity index (χ1v) is 12.3. The Hall–Kier alpha value is -3.58. The van der Waals surface area contributed by atoms with Gasteiger partial charge in [0.1, 0.15) is 24.2 Å². The van der Waals surface area contributed by atoms with Crippen LogP contribution in [-0.2, 0) is 24.0 Å². The van der Waals surface area contributed by atoms with E-state index in [0.29, 0.717) is 22.9 Å². The average Bonchev–Trinajstić information content (AvgIpc) is 3.52. The number of oxime groups is 1. The Kier molecular flexibility index (Phi) is 7.26. The number of carbonyl (C=O) groups is 4. The number of nitrogens with zero attached hydrogens (tertiary/aromatic N) is 7. The molecular formula is C16H16N10O6S3. The van der Waals surface area contributed by atoms with Crippen molar-refractivity contribution in [2.45, 2.75) is 28.7 Å². The van der Waals surface area contributed by atoms with E-state index in [1.165, 1.54) is 30.6 Å². The fourth-order valence-electron chi connectivity index (χ4n) is 3.30. The van der Waals surface area contributed by atoms with Crippen molar-refractivity contribution in [1.82, 2.24) is 40.2 Å². The summed E-state index contributed by atoms with van der Waals surface area (Å²) in [6, 6.07) is -1.00. The Morgan fingerprint density at radius 2 is 2.26 bits per heavy atom. The fraction of sp³-hybridized carbons (Fsp3) is 0.375. The highest BCUT2D eigenvalue weighted by Gasteiger charge is 2.55. The van der Waals surface area contributed by atoms with Crippen LogP contribution >= 0.6 is 35.1 Å². The number of amides is 3. The van der Waals surface area contributed by atoms with Crippen LogP contribution in [0.2, 0.25) is 0 Å². The number of rotatable bonds is 10. The van der Waals surface area contributed by atoms with Crippen LogP contribution < -0.4 is 10.6 Å². The van der Waals surface area contributed by atoms with Crippen LogP contribution in [0.3, 0.4) is 0 Å². The highest BCUT2D eigenvalue weighted by atomic mass is 32.2. The summed E-state index contributed by atoms with van der Waals surface area (Å²) in [5.74, 6) is -2.45. The lowest BCUT2D eigenvalue weighted by molar-refractivity contribution is -0.150. The van der Waals surface area contributed by atoms with Gasteiger partial charge in [0.15, 0.2) is 0 Å². The van der Waals surface area contributed by atoms with Crippen LogP contribution in [0.1, 0.15) is 12.7 Å². The molecule has 4 heterocycles. The molecule has 0 radical (unpaired) electrons. The Bertz CT molecular complexity index is 1210. The first-order chi connectivity index (χ1) is 16.8. The first kappa shape index (κ1) is 24.5. The van der Waals surface area contributed by atoms with E-state index in [2.05, 4.69) is 45.8 Å². The van der Waals surface area contributed by atoms with Gasteiger partial charge in [-0.25, -0.2) is 4.79 Å². The van der Waals surface area contributed by atoms with Crippen molar-refractivity contribution in [2.24, 2.45) is 5.16 Å². The Morgan fingerprint density at radius 1 is 1.46 bits per heavy atom. The van der Waals surface area contributed by atoms with Gasteiger partial charge in [-0.05, 0) is 17.7 Å². The molecule has 0 aliphatic carbocycles. The molecule has 35 heavy (non-hydrogen) atoms. The standard InChI is InChI=1S/C16H16N10O6S3/c1-5(34-16-20-24-25-21-16)6-3-33-13-8(12(29)26(13)9(6)14(30)31)18-11(28)7(22-32-2)10-19-15(17-4-27)35-23-10/h4-5,8,13H,3H2,1-2H3,(H,18,28)(H,30,31)(H,17,19,23,27)(H,20,21,24,25)/t5?,8?,13-/m1/s1. The fourth-order valence-corrected chi connectivity index (χ4v) is 6.24. The minimum atomic E-state index is -1.26. The molecule has 1 saturated heterocycles. The Labute approximate surface area is 208 Å². The van der Waals surface area contributed by atoms with Crippen LogP contribution in [0, 0.1) is 0 Å². The Morgan fingerprint density at radius 3 is 2.91 bits per heavy atom. The lowest BCUT2D eigenvalue weighted by Gasteiger charge is -2.49. The zero-order valence-corrected chi connectivity index (χ0v) is 20.3. The number of carbonyl (C=O) groups excluding carboxylic acids is 3. The number of H-pyrrole nitrogens is 1. The van der Waals surface area contributed by atoms with Crippen molar-refractivity contribution in [3.8, 4) is 0 Å². The van der Waals surface area contributed by atoms with Crippen molar-refractivity contribution in [2.75, 3.05) is 18.2 Å². The summed E-state index contributed by atoms with van der Waals surface area (Å²) >= 11 is 3.34. The number of aliphatic carboxylic acids is 1. The lowest BCUT2D eigenvalue weighted by atomic mass is 10.0. The lowest BCUT2D eigenvalue weighted by Crippen LogP contribution is -2.71. The molecule has 2 aliphatic rings. The number of aromatic nitrogens is 6. The van der Waals surface area contributed by atoms with Crippen LogP contribution in [-0.4, -0.2) is 99.4 Å². The molecule has 19 heteroatoms. The minimum absolute atomic E-state index is 0.112. The van der Waals surface area contributed by atoms with E-state index in [1.54, 1.807) is 6.92 Å². The number of tetrazole rings is 1. The average molecular weight is 541 g/mol. The summed E-state index contributed by atoms with van der Waals surface area (Å²) in [6.45, 7) is 1.78. The van der Waals surface area contributed by atoms with Gasteiger partial charge in [0.05, 0.1) is 0 Å². The van der Waals surface area contributed by atoms with Gasteiger partial charge in [0.2, 0.25) is 28.2 Å². The number of carboxylic acids is 1. The number of hydrogen-bond acceptors (Lipinski definition) is 14. The topological polar surface area (TPSA) is 218 Å². The van der Waals surface area contributed by atoms with E-state index in [1.807, 2.05) is 0 Å². The van der Waals surface area contributed by atoms with Gasteiger partial charge in [-0.1, -0.05) is 16.9 Å². The van der Waals surface area contributed by atoms with Gasteiger partial charge in [0, 0.05) is 22.5 Å². The highest BCUT2D eigenvalue weighted by Crippen LogP contribution is 2.43. The molecule has 2 aromatic rings. The van der Waals surface area contributed by atoms with Gasteiger partial charge in [-0.2, -0.15) is 14.6 Å². The third-order valence-electron chi connectivity index (χ3n) is 4.80. The van der Waals surface area contributed by atoms with E-state index < -0.39 is 29.2 Å². The first-order valence-electron chi connectivity index (χ1n) is 9.63. The normalized spacial score (nSPS) is 20.6. The predicted molar refractivity (Wildman–Crippen MR) is 122 cm³/mol. The van der Waals surface area contributed by atoms with Crippen LogP contribution in [0.25, 0.3) is 0 Å². The van der Waals surface area contributed by atoms with Crippen LogP contribution in [0.4, 0.5) is 5.13 Å². The summed E-state index contributed by atoms with van der Waals surface area (Å²) in [7, 11) is 1.22. The monoisotopic (exact) mass is 540 g/mol. The number of fused-ring (bicyclic) bond motifs is 1. The maximum Gasteiger partial charge on any atom is 0.352 e. The molecule has 4 N–H and O–H groups in total. The molecule has 2 aliphatic heterocycles.